The van der Waals surface area contributed by atoms with Crippen LogP contribution in [0.4, 0.5) is 21.7 Å². The number of anilines is 3. The average Bonchev–Trinajstić information content (AvgIpc) is 3.77. The number of amides is 2. The molecule has 0 radical (unpaired) electrons. The maximum absolute atomic E-state index is 13.4. The largest absolute Gasteiger partial charge is 0.336 e. The zero-order chi connectivity index (χ0) is 30.8. The number of nitrogens with zero attached hydrogens (tertiary/aromatic N) is 5. The summed E-state index contributed by atoms with van der Waals surface area (Å²) in [5, 5.41) is 13.8. The molecular formula is C34H33FN8O2. The van der Waals surface area contributed by atoms with Crippen molar-refractivity contribution in [2.75, 3.05) is 43.4 Å². The van der Waals surface area contributed by atoms with Gasteiger partial charge in [0.2, 0.25) is 5.91 Å². The lowest BCUT2D eigenvalue weighted by Gasteiger charge is -2.34. The predicted octanol–water partition coefficient (Wildman–Crippen LogP) is 5.25. The topological polar surface area (TPSA) is 119 Å². The number of carbonyl (C=O) groups excluding carboxylic acids is 2. The molecular weight excluding hydrogens is 571 g/mol. The molecule has 2 amide bonds. The first-order chi connectivity index (χ1) is 22.0. The molecule has 3 heterocycles. The lowest BCUT2D eigenvalue weighted by molar-refractivity contribution is -0.115. The SMILES string of the molecule is O=C(Cc1cc(Nc2ncnc3cc(-c4ccc(C(=O)N5CCN(CC6CC6)CC5)cc4)ccc23)n[nH]1)Nc1cccc(F)c1. The second-order valence-corrected chi connectivity index (χ2v) is 11.7. The van der Waals surface area contributed by atoms with E-state index in [2.05, 4.69) is 35.7 Å². The van der Waals surface area contributed by atoms with Gasteiger partial charge in [-0.05, 0) is 72.4 Å². The number of benzene rings is 3. The van der Waals surface area contributed by atoms with Gasteiger partial charge in [0, 0.05) is 61.1 Å². The zero-order valence-corrected chi connectivity index (χ0v) is 24.7. The van der Waals surface area contributed by atoms with Crippen molar-refractivity contribution in [3.05, 3.63) is 96.2 Å². The normalized spacial score (nSPS) is 15.3. The van der Waals surface area contributed by atoms with Crippen molar-refractivity contribution in [1.82, 2.24) is 30.0 Å². The van der Waals surface area contributed by atoms with E-state index < -0.39 is 5.82 Å². The van der Waals surface area contributed by atoms with Crippen LogP contribution in [0.5, 0.6) is 0 Å². The summed E-state index contributed by atoms with van der Waals surface area (Å²) in [5.74, 6) is 1.32. The van der Waals surface area contributed by atoms with Crippen LogP contribution in [0.1, 0.15) is 28.9 Å². The van der Waals surface area contributed by atoms with E-state index in [0.717, 1.165) is 54.1 Å². The minimum atomic E-state index is -0.418. The van der Waals surface area contributed by atoms with E-state index in [0.29, 0.717) is 28.6 Å². The van der Waals surface area contributed by atoms with E-state index in [-0.39, 0.29) is 18.2 Å². The molecule has 1 saturated carbocycles. The van der Waals surface area contributed by atoms with E-state index in [1.165, 1.54) is 43.9 Å². The summed E-state index contributed by atoms with van der Waals surface area (Å²) < 4.78 is 13.4. The molecule has 2 aliphatic rings. The third kappa shape index (κ3) is 6.83. The predicted molar refractivity (Wildman–Crippen MR) is 171 cm³/mol. The first-order valence-corrected chi connectivity index (χ1v) is 15.2. The summed E-state index contributed by atoms with van der Waals surface area (Å²) in [6.45, 7) is 4.63. The third-order valence-electron chi connectivity index (χ3n) is 8.31. The Morgan fingerprint density at radius 3 is 2.49 bits per heavy atom. The van der Waals surface area contributed by atoms with Crippen molar-refractivity contribution in [1.29, 1.82) is 0 Å². The monoisotopic (exact) mass is 604 g/mol. The Morgan fingerprint density at radius 1 is 0.911 bits per heavy atom. The molecule has 2 fully saturated rings. The fraction of sp³-hybridized carbons (Fsp3) is 0.265. The number of hydrogen-bond acceptors (Lipinski definition) is 7. The van der Waals surface area contributed by atoms with Crippen LogP contribution < -0.4 is 10.6 Å². The first-order valence-electron chi connectivity index (χ1n) is 15.2. The van der Waals surface area contributed by atoms with Crippen LogP contribution >= 0.6 is 0 Å². The number of H-pyrrole nitrogens is 1. The van der Waals surface area contributed by atoms with Gasteiger partial charge < -0.3 is 15.5 Å². The highest BCUT2D eigenvalue weighted by Gasteiger charge is 2.28. The van der Waals surface area contributed by atoms with E-state index in [1.807, 2.05) is 47.4 Å². The van der Waals surface area contributed by atoms with Gasteiger partial charge in [0.25, 0.3) is 5.91 Å². The second-order valence-electron chi connectivity index (χ2n) is 11.7. The van der Waals surface area contributed by atoms with Gasteiger partial charge in [-0.3, -0.25) is 19.6 Å². The highest BCUT2D eigenvalue weighted by molar-refractivity contribution is 5.96. The van der Waals surface area contributed by atoms with Crippen molar-refractivity contribution in [2.24, 2.45) is 5.92 Å². The Morgan fingerprint density at radius 2 is 1.71 bits per heavy atom. The van der Waals surface area contributed by atoms with Gasteiger partial charge in [0.15, 0.2) is 5.82 Å². The van der Waals surface area contributed by atoms with Crippen molar-refractivity contribution >= 4 is 40.0 Å². The maximum atomic E-state index is 13.4. The Kier molecular flexibility index (Phi) is 7.91. The van der Waals surface area contributed by atoms with Crippen LogP contribution in [0, 0.1) is 11.7 Å². The van der Waals surface area contributed by atoms with E-state index in [4.69, 9.17) is 0 Å². The summed E-state index contributed by atoms with van der Waals surface area (Å²) in [6, 6.07) is 21.2. The molecule has 45 heavy (non-hydrogen) atoms. The second kappa shape index (κ2) is 12.4. The molecule has 0 spiro atoms. The Balaban J connectivity index is 0.986. The number of piperazine rings is 1. The molecule has 1 saturated heterocycles. The van der Waals surface area contributed by atoms with Crippen molar-refractivity contribution in [3.8, 4) is 11.1 Å². The van der Waals surface area contributed by atoms with Crippen molar-refractivity contribution < 1.29 is 14.0 Å². The minimum Gasteiger partial charge on any atom is -0.336 e. The highest BCUT2D eigenvalue weighted by atomic mass is 19.1. The quantitative estimate of drug-likeness (QED) is 0.210. The lowest BCUT2D eigenvalue weighted by Crippen LogP contribution is -2.49. The number of hydrogen-bond donors (Lipinski definition) is 3. The molecule has 0 bridgehead atoms. The fourth-order valence-corrected chi connectivity index (χ4v) is 5.71. The highest BCUT2D eigenvalue weighted by Crippen LogP contribution is 2.30. The molecule has 228 valence electrons. The lowest BCUT2D eigenvalue weighted by atomic mass is 10.0. The van der Waals surface area contributed by atoms with Gasteiger partial charge in [0.1, 0.15) is 18.0 Å². The van der Waals surface area contributed by atoms with Gasteiger partial charge in [-0.2, -0.15) is 5.10 Å². The number of rotatable bonds is 9. The number of aromatic amines is 1. The fourth-order valence-electron chi connectivity index (χ4n) is 5.71. The summed E-state index contributed by atoms with van der Waals surface area (Å²) >= 11 is 0. The third-order valence-corrected chi connectivity index (χ3v) is 8.31. The standard InChI is InChI=1S/C34H33FN8O2/c35-26-2-1-3-27(17-26)38-32(44)19-28-18-31(41-40-28)39-33-29-11-10-25(16-30(29)36-21-37-33)23-6-8-24(9-7-23)34(45)43-14-12-42(13-15-43)20-22-4-5-22/h1-3,6-11,16-18,21-22H,4-5,12-15,19-20H2,(H,38,44)(H2,36,37,39,40,41). The molecule has 7 rings (SSSR count). The molecule has 0 unspecified atom stereocenters. The van der Waals surface area contributed by atoms with Gasteiger partial charge in [-0.15, -0.1) is 0 Å². The van der Waals surface area contributed by atoms with Crippen LogP contribution in [-0.2, 0) is 11.2 Å². The smallest absolute Gasteiger partial charge is 0.253 e. The molecule has 1 aliphatic carbocycles. The van der Waals surface area contributed by atoms with Crippen molar-refractivity contribution in [3.63, 3.8) is 0 Å². The van der Waals surface area contributed by atoms with Crippen molar-refractivity contribution in [2.45, 2.75) is 19.3 Å². The Bertz CT molecular complexity index is 1850. The molecule has 3 N–H and O–H groups in total. The molecule has 0 atom stereocenters. The molecule has 5 aromatic rings. The average molecular weight is 605 g/mol. The summed E-state index contributed by atoms with van der Waals surface area (Å²) in [4.78, 5) is 38.9. The molecule has 10 nitrogen and oxygen atoms in total. The summed E-state index contributed by atoms with van der Waals surface area (Å²) in [7, 11) is 0. The van der Waals surface area contributed by atoms with Crippen LogP contribution in [0.15, 0.2) is 79.1 Å². The van der Waals surface area contributed by atoms with Crippen LogP contribution in [0.25, 0.3) is 22.0 Å². The molecule has 11 heteroatoms. The molecule has 1 aliphatic heterocycles. The van der Waals surface area contributed by atoms with Crippen LogP contribution in [0.3, 0.4) is 0 Å². The van der Waals surface area contributed by atoms with Gasteiger partial charge in [-0.25, -0.2) is 14.4 Å². The summed E-state index contributed by atoms with van der Waals surface area (Å²) in [6.07, 6.45) is 4.23. The van der Waals surface area contributed by atoms with E-state index in [1.54, 1.807) is 12.1 Å². The first kappa shape index (κ1) is 28.6. The van der Waals surface area contributed by atoms with Gasteiger partial charge in [0.05, 0.1) is 11.9 Å². The number of fused-ring (bicyclic) bond motifs is 1. The van der Waals surface area contributed by atoms with Gasteiger partial charge in [-0.1, -0.05) is 24.3 Å². The summed E-state index contributed by atoms with van der Waals surface area (Å²) in [5.41, 5.74) is 4.40. The Labute approximate surface area is 259 Å². The van der Waals surface area contributed by atoms with Gasteiger partial charge >= 0.3 is 0 Å². The molecule has 2 aromatic heterocycles. The number of halogens is 1. The number of carbonyl (C=O) groups is 2. The maximum Gasteiger partial charge on any atom is 0.253 e. The minimum absolute atomic E-state index is 0.0421. The number of aromatic nitrogens is 4. The van der Waals surface area contributed by atoms with Crippen LogP contribution in [-0.4, -0.2) is 74.5 Å². The van der Waals surface area contributed by atoms with E-state index in [9.17, 15) is 14.0 Å². The Hall–Kier alpha value is -5.16. The van der Waals surface area contributed by atoms with Crippen LogP contribution in [0.2, 0.25) is 0 Å². The zero-order valence-electron chi connectivity index (χ0n) is 24.7. The molecule has 3 aromatic carbocycles. The van der Waals surface area contributed by atoms with E-state index >= 15 is 0 Å². The number of nitrogens with one attached hydrogen (secondary N) is 3.